The first-order valence-electron chi connectivity index (χ1n) is 7.95. The summed E-state index contributed by atoms with van der Waals surface area (Å²) in [4.78, 5) is 14.3. The molecule has 3 rings (SSSR count). The molecule has 1 aromatic rings. The van der Waals surface area contributed by atoms with E-state index in [2.05, 4.69) is 17.4 Å². The highest BCUT2D eigenvalue weighted by atomic mass is 16.5. The number of nitrogens with zero attached hydrogens (tertiary/aromatic N) is 1. The first kappa shape index (κ1) is 14.4. The standard InChI is InChI=1S/C17H24N2O2/c1-12(2)17(20)19-8-9-21-16-6-5-13(11-15(16)19)10-14-4-3-7-18-14/h5-6,11-12,14,18H,3-4,7-10H2,1-2H3. The predicted octanol–water partition coefficient (Wildman–Crippen LogP) is 2.36. The summed E-state index contributed by atoms with van der Waals surface area (Å²) in [6.07, 6.45) is 3.52. The van der Waals surface area contributed by atoms with E-state index in [-0.39, 0.29) is 11.8 Å². The fourth-order valence-corrected chi connectivity index (χ4v) is 3.15. The molecule has 0 saturated carbocycles. The molecule has 0 aromatic heterocycles. The van der Waals surface area contributed by atoms with E-state index in [1.54, 1.807) is 0 Å². The minimum Gasteiger partial charge on any atom is -0.490 e. The number of hydrogen-bond acceptors (Lipinski definition) is 3. The van der Waals surface area contributed by atoms with Crippen LogP contribution in [0.15, 0.2) is 18.2 Å². The molecule has 2 aliphatic rings. The van der Waals surface area contributed by atoms with Crippen LogP contribution in [0.2, 0.25) is 0 Å². The van der Waals surface area contributed by atoms with Crippen molar-refractivity contribution in [2.24, 2.45) is 5.92 Å². The van der Waals surface area contributed by atoms with Crippen LogP contribution in [0.1, 0.15) is 32.3 Å². The zero-order valence-corrected chi connectivity index (χ0v) is 12.9. The normalized spacial score (nSPS) is 21.3. The van der Waals surface area contributed by atoms with Gasteiger partial charge in [-0.2, -0.15) is 0 Å². The number of hydrogen-bond donors (Lipinski definition) is 1. The molecule has 114 valence electrons. The molecule has 1 atom stereocenters. The minimum absolute atomic E-state index is 0.0103. The quantitative estimate of drug-likeness (QED) is 0.928. The summed E-state index contributed by atoms with van der Waals surface area (Å²) in [6, 6.07) is 6.85. The molecule has 0 aliphatic carbocycles. The molecule has 4 heteroatoms. The van der Waals surface area contributed by atoms with Crippen molar-refractivity contribution in [3.63, 3.8) is 0 Å². The number of carbonyl (C=O) groups excluding carboxylic acids is 1. The van der Waals surface area contributed by atoms with Crippen molar-refractivity contribution in [3.05, 3.63) is 23.8 Å². The van der Waals surface area contributed by atoms with Crippen LogP contribution >= 0.6 is 0 Å². The summed E-state index contributed by atoms with van der Waals surface area (Å²) in [7, 11) is 0. The lowest BCUT2D eigenvalue weighted by Gasteiger charge is -2.31. The Bertz CT molecular complexity index is 522. The zero-order chi connectivity index (χ0) is 14.8. The van der Waals surface area contributed by atoms with Crippen LogP contribution < -0.4 is 15.0 Å². The Kier molecular flexibility index (Phi) is 4.15. The van der Waals surface area contributed by atoms with Crippen LogP contribution in [-0.4, -0.2) is 31.6 Å². The summed E-state index contributed by atoms with van der Waals surface area (Å²) in [5.74, 6) is 1.02. The van der Waals surface area contributed by atoms with Gasteiger partial charge in [-0.15, -0.1) is 0 Å². The topological polar surface area (TPSA) is 41.6 Å². The average Bonchev–Trinajstić information content (AvgIpc) is 2.98. The first-order chi connectivity index (χ1) is 10.1. The summed E-state index contributed by atoms with van der Waals surface area (Å²) < 4.78 is 5.70. The van der Waals surface area contributed by atoms with Gasteiger partial charge in [0.15, 0.2) is 0 Å². The first-order valence-corrected chi connectivity index (χ1v) is 7.95. The Labute approximate surface area is 126 Å². The van der Waals surface area contributed by atoms with Crippen molar-refractivity contribution in [1.29, 1.82) is 0 Å². The number of anilines is 1. The van der Waals surface area contributed by atoms with Crippen molar-refractivity contribution < 1.29 is 9.53 Å². The largest absolute Gasteiger partial charge is 0.490 e. The van der Waals surface area contributed by atoms with Crippen LogP contribution in [0.25, 0.3) is 0 Å². The third-order valence-electron chi connectivity index (χ3n) is 4.29. The maximum absolute atomic E-state index is 12.4. The molecular weight excluding hydrogens is 264 g/mol. The van der Waals surface area contributed by atoms with E-state index in [1.165, 1.54) is 18.4 Å². The Morgan fingerprint density at radius 3 is 3.05 bits per heavy atom. The zero-order valence-electron chi connectivity index (χ0n) is 12.9. The van der Waals surface area contributed by atoms with E-state index in [1.807, 2.05) is 24.8 Å². The number of ether oxygens (including phenoxy) is 1. The van der Waals surface area contributed by atoms with Gasteiger partial charge in [-0.05, 0) is 43.5 Å². The SMILES string of the molecule is CC(C)C(=O)N1CCOc2ccc(CC3CCCN3)cc21. The van der Waals surface area contributed by atoms with Crippen molar-refractivity contribution >= 4 is 11.6 Å². The van der Waals surface area contributed by atoms with Crippen molar-refractivity contribution in [1.82, 2.24) is 5.32 Å². The molecule has 2 aliphatic heterocycles. The number of rotatable bonds is 3. The van der Waals surface area contributed by atoms with E-state index in [0.717, 1.165) is 24.4 Å². The summed E-state index contributed by atoms with van der Waals surface area (Å²) in [5.41, 5.74) is 2.22. The molecule has 0 bridgehead atoms. The molecule has 1 aromatic carbocycles. The number of amides is 1. The van der Waals surface area contributed by atoms with Crippen molar-refractivity contribution in [2.75, 3.05) is 24.6 Å². The van der Waals surface area contributed by atoms with E-state index < -0.39 is 0 Å². The molecule has 1 fully saturated rings. The lowest BCUT2D eigenvalue weighted by Crippen LogP contribution is -2.40. The highest BCUT2D eigenvalue weighted by Crippen LogP contribution is 2.34. The predicted molar refractivity (Wildman–Crippen MR) is 83.9 cm³/mol. The molecule has 1 saturated heterocycles. The summed E-state index contributed by atoms with van der Waals surface area (Å²) in [5, 5.41) is 3.53. The highest BCUT2D eigenvalue weighted by molar-refractivity contribution is 5.96. The van der Waals surface area contributed by atoms with Crippen LogP contribution in [0.5, 0.6) is 5.75 Å². The number of fused-ring (bicyclic) bond motifs is 1. The smallest absolute Gasteiger partial charge is 0.229 e. The van der Waals surface area contributed by atoms with Gasteiger partial charge in [0.25, 0.3) is 0 Å². The molecule has 21 heavy (non-hydrogen) atoms. The van der Waals surface area contributed by atoms with Gasteiger partial charge < -0.3 is 15.0 Å². The number of nitrogens with one attached hydrogen (secondary N) is 1. The molecule has 1 unspecified atom stereocenters. The summed E-state index contributed by atoms with van der Waals surface area (Å²) >= 11 is 0. The van der Waals surface area contributed by atoms with Gasteiger partial charge >= 0.3 is 0 Å². The molecule has 4 nitrogen and oxygen atoms in total. The van der Waals surface area contributed by atoms with Crippen LogP contribution in [-0.2, 0) is 11.2 Å². The van der Waals surface area contributed by atoms with Gasteiger partial charge in [-0.25, -0.2) is 0 Å². The third-order valence-corrected chi connectivity index (χ3v) is 4.29. The highest BCUT2D eigenvalue weighted by Gasteiger charge is 2.26. The fourth-order valence-electron chi connectivity index (χ4n) is 3.15. The van der Waals surface area contributed by atoms with Crippen LogP contribution in [0, 0.1) is 5.92 Å². The second-order valence-corrected chi connectivity index (χ2v) is 6.29. The van der Waals surface area contributed by atoms with E-state index in [4.69, 9.17) is 4.74 Å². The van der Waals surface area contributed by atoms with Gasteiger partial charge in [0.1, 0.15) is 12.4 Å². The monoisotopic (exact) mass is 288 g/mol. The Hall–Kier alpha value is -1.55. The Morgan fingerprint density at radius 2 is 2.33 bits per heavy atom. The van der Waals surface area contributed by atoms with Gasteiger partial charge in [0.2, 0.25) is 5.91 Å². The number of carbonyl (C=O) groups is 1. The molecule has 0 spiro atoms. The maximum Gasteiger partial charge on any atom is 0.229 e. The Balaban J connectivity index is 1.83. The molecule has 1 N–H and O–H groups in total. The number of benzene rings is 1. The third kappa shape index (κ3) is 3.05. The van der Waals surface area contributed by atoms with Gasteiger partial charge in [0, 0.05) is 12.0 Å². The second kappa shape index (κ2) is 6.06. The summed E-state index contributed by atoms with van der Waals surface area (Å²) in [6.45, 7) is 6.24. The molecule has 1 amide bonds. The molecule has 0 radical (unpaired) electrons. The van der Waals surface area contributed by atoms with E-state index in [9.17, 15) is 4.79 Å². The Morgan fingerprint density at radius 1 is 1.48 bits per heavy atom. The maximum atomic E-state index is 12.4. The van der Waals surface area contributed by atoms with Crippen molar-refractivity contribution in [2.45, 2.75) is 39.2 Å². The molecular formula is C17H24N2O2. The second-order valence-electron chi connectivity index (χ2n) is 6.29. The van der Waals surface area contributed by atoms with Gasteiger partial charge in [-0.1, -0.05) is 19.9 Å². The lowest BCUT2D eigenvalue weighted by atomic mass is 10.0. The van der Waals surface area contributed by atoms with Crippen LogP contribution in [0.4, 0.5) is 5.69 Å². The van der Waals surface area contributed by atoms with E-state index in [0.29, 0.717) is 19.2 Å². The van der Waals surface area contributed by atoms with Gasteiger partial charge in [-0.3, -0.25) is 4.79 Å². The molecule has 2 heterocycles. The van der Waals surface area contributed by atoms with Gasteiger partial charge in [0.05, 0.1) is 12.2 Å². The fraction of sp³-hybridized carbons (Fsp3) is 0.588. The minimum atomic E-state index is 0.0103. The average molecular weight is 288 g/mol. The lowest BCUT2D eigenvalue weighted by molar-refractivity contribution is -0.121. The van der Waals surface area contributed by atoms with E-state index >= 15 is 0 Å². The van der Waals surface area contributed by atoms with Crippen molar-refractivity contribution in [3.8, 4) is 5.75 Å². The van der Waals surface area contributed by atoms with Crippen LogP contribution in [0.3, 0.4) is 0 Å².